The summed E-state index contributed by atoms with van der Waals surface area (Å²) in [7, 11) is 0. The topological polar surface area (TPSA) is 72.7 Å². The Morgan fingerprint density at radius 3 is 2.12 bits per heavy atom. The second kappa shape index (κ2) is 11.6. The van der Waals surface area contributed by atoms with E-state index in [2.05, 4.69) is 4.90 Å². The third kappa shape index (κ3) is 7.95. The SMILES string of the molecule is O=C1CCN(CCCCCCCCCOc2ccc([N+](=O)[O-])cc2)CC1. The van der Waals surface area contributed by atoms with Gasteiger partial charge in [-0.3, -0.25) is 14.9 Å². The van der Waals surface area contributed by atoms with Crippen molar-refractivity contribution in [3.63, 3.8) is 0 Å². The summed E-state index contributed by atoms with van der Waals surface area (Å²) in [6.45, 7) is 3.70. The molecule has 144 valence electrons. The summed E-state index contributed by atoms with van der Waals surface area (Å²) < 4.78 is 5.61. The first-order chi connectivity index (χ1) is 12.6. The minimum atomic E-state index is -0.406. The molecular weight excluding hydrogens is 332 g/mol. The normalized spacial score (nSPS) is 15.2. The summed E-state index contributed by atoms with van der Waals surface area (Å²) in [6, 6.07) is 6.24. The van der Waals surface area contributed by atoms with Crippen LogP contribution < -0.4 is 4.74 Å². The molecule has 0 unspecified atom stereocenters. The average molecular weight is 362 g/mol. The maximum atomic E-state index is 11.2. The van der Waals surface area contributed by atoms with Crippen LogP contribution in [0.1, 0.15) is 57.8 Å². The van der Waals surface area contributed by atoms with Crippen molar-refractivity contribution >= 4 is 11.5 Å². The predicted octanol–water partition coefficient (Wildman–Crippen LogP) is 4.37. The molecule has 0 amide bonds. The van der Waals surface area contributed by atoms with Crippen molar-refractivity contribution in [2.45, 2.75) is 57.8 Å². The van der Waals surface area contributed by atoms with Gasteiger partial charge in [0.05, 0.1) is 11.5 Å². The Labute approximate surface area is 155 Å². The largest absolute Gasteiger partial charge is 0.494 e. The van der Waals surface area contributed by atoms with Gasteiger partial charge in [-0.15, -0.1) is 0 Å². The molecule has 1 aliphatic rings. The van der Waals surface area contributed by atoms with Crippen LogP contribution in [0.4, 0.5) is 5.69 Å². The van der Waals surface area contributed by atoms with E-state index in [-0.39, 0.29) is 5.69 Å². The Hall–Kier alpha value is -1.95. The lowest BCUT2D eigenvalue weighted by molar-refractivity contribution is -0.384. The minimum absolute atomic E-state index is 0.0890. The zero-order valence-corrected chi connectivity index (χ0v) is 15.5. The monoisotopic (exact) mass is 362 g/mol. The zero-order chi connectivity index (χ0) is 18.6. The molecule has 6 nitrogen and oxygen atoms in total. The van der Waals surface area contributed by atoms with Gasteiger partial charge in [-0.25, -0.2) is 0 Å². The summed E-state index contributed by atoms with van der Waals surface area (Å²) in [6.07, 6.45) is 9.90. The van der Waals surface area contributed by atoms with Gasteiger partial charge >= 0.3 is 0 Å². The Bertz CT molecular complexity index is 549. The maximum Gasteiger partial charge on any atom is 0.269 e. The van der Waals surface area contributed by atoms with E-state index in [4.69, 9.17) is 4.74 Å². The number of carbonyl (C=O) groups excluding carboxylic acids is 1. The molecule has 1 aromatic rings. The van der Waals surface area contributed by atoms with E-state index >= 15 is 0 Å². The molecule has 0 aliphatic carbocycles. The number of non-ortho nitro benzene ring substituents is 1. The molecule has 0 radical (unpaired) electrons. The van der Waals surface area contributed by atoms with Crippen LogP contribution in [0.3, 0.4) is 0 Å². The molecule has 0 atom stereocenters. The first-order valence-corrected chi connectivity index (χ1v) is 9.76. The van der Waals surface area contributed by atoms with Crippen LogP contribution in [-0.2, 0) is 4.79 Å². The number of rotatable bonds is 12. The van der Waals surface area contributed by atoms with Crippen LogP contribution in [0, 0.1) is 10.1 Å². The van der Waals surface area contributed by atoms with Gasteiger partial charge in [0.25, 0.3) is 5.69 Å². The molecule has 1 saturated heterocycles. The molecule has 2 rings (SSSR count). The van der Waals surface area contributed by atoms with Crippen molar-refractivity contribution in [2.75, 3.05) is 26.2 Å². The first-order valence-electron chi connectivity index (χ1n) is 9.76. The van der Waals surface area contributed by atoms with E-state index in [1.807, 2.05) is 0 Å². The number of nitrogens with zero attached hydrogens (tertiary/aromatic N) is 2. The second-order valence-corrected chi connectivity index (χ2v) is 6.95. The molecular formula is C20H30N2O4. The zero-order valence-electron chi connectivity index (χ0n) is 15.5. The number of benzene rings is 1. The fourth-order valence-electron chi connectivity index (χ4n) is 3.20. The predicted molar refractivity (Wildman–Crippen MR) is 102 cm³/mol. The van der Waals surface area contributed by atoms with Crippen LogP contribution >= 0.6 is 0 Å². The molecule has 6 heteroatoms. The fourth-order valence-corrected chi connectivity index (χ4v) is 3.20. The lowest BCUT2D eigenvalue weighted by Gasteiger charge is -2.25. The van der Waals surface area contributed by atoms with E-state index in [1.54, 1.807) is 12.1 Å². The van der Waals surface area contributed by atoms with Crippen molar-refractivity contribution in [1.29, 1.82) is 0 Å². The summed E-state index contributed by atoms with van der Waals surface area (Å²) in [5.74, 6) is 1.11. The van der Waals surface area contributed by atoms with E-state index in [1.165, 1.54) is 44.2 Å². The molecule has 26 heavy (non-hydrogen) atoms. The fraction of sp³-hybridized carbons (Fsp3) is 0.650. The van der Waals surface area contributed by atoms with Gasteiger partial charge < -0.3 is 9.64 Å². The number of likely N-dealkylation sites (tertiary alicyclic amines) is 1. The lowest BCUT2D eigenvalue weighted by Crippen LogP contribution is -2.34. The Kier molecular flexibility index (Phi) is 9.10. The molecule has 1 aromatic carbocycles. The lowest BCUT2D eigenvalue weighted by atomic mass is 10.1. The molecule has 0 N–H and O–H groups in total. The van der Waals surface area contributed by atoms with Gasteiger partial charge in [-0.05, 0) is 31.5 Å². The Balaban J connectivity index is 1.39. The summed E-state index contributed by atoms with van der Waals surface area (Å²) in [5.41, 5.74) is 0.0890. The van der Waals surface area contributed by atoms with Crippen LogP contribution in [0.2, 0.25) is 0 Å². The third-order valence-corrected chi connectivity index (χ3v) is 4.85. The van der Waals surface area contributed by atoms with Crippen molar-refractivity contribution < 1.29 is 14.5 Å². The van der Waals surface area contributed by atoms with Crippen LogP contribution in [0.15, 0.2) is 24.3 Å². The molecule has 1 fully saturated rings. The van der Waals surface area contributed by atoms with Gasteiger partial charge in [-0.1, -0.05) is 32.1 Å². The number of piperidine rings is 1. The van der Waals surface area contributed by atoms with Crippen LogP contribution in [-0.4, -0.2) is 41.8 Å². The van der Waals surface area contributed by atoms with E-state index in [0.29, 0.717) is 18.1 Å². The van der Waals surface area contributed by atoms with Crippen LogP contribution in [0.25, 0.3) is 0 Å². The highest BCUT2D eigenvalue weighted by molar-refractivity contribution is 5.79. The Morgan fingerprint density at radius 2 is 1.50 bits per heavy atom. The third-order valence-electron chi connectivity index (χ3n) is 4.85. The van der Waals surface area contributed by atoms with Gasteiger partial charge in [0.2, 0.25) is 0 Å². The van der Waals surface area contributed by atoms with Crippen molar-refractivity contribution in [2.24, 2.45) is 0 Å². The summed E-state index contributed by atoms with van der Waals surface area (Å²) >= 11 is 0. The van der Waals surface area contributed by atoms with Crippen LogP contribution in [0.5, 0.6) is 5.75 Å². The number of Topliss-reactive ketones (excluding diaryl/α,β-unsaturated/α-hetero) is 1. The number of hydrogen-bond donors (Lipinski definition) is 0. The quantitative estimate of drug-likeness (QED) is 0.314. The highest BCUT2D eigenvalue weighted by atomic mass is 16.6. The molecule has 1 heterocycles. The second-order valence-electron chi connectivity index (χ2n) is 6.95. The van der Waals surface area contributed by atoms with Crippen molar-refractivity contribution in [3.8, 4) is 5.75 Å². The van der Waals surface area contributed by atoms with Crippen molar-refractivity contribution in [3.05, 3.63) is 34.4 Å². The number of hydrogen-bond acceptors (Lipinski definition) is 5. The van der Waals surface area contributed by atoms with E-state index < -0.39 is 4.92 Å². The Morgan fingerprint density at radius 1 is 0.923 bits per heavy atom. The molecule has 0 aromatic heterocycles. The minimum Gasteiger partial charge on any atom is -0.494 e. The number of nitro groups is 1. The number of carbonyl (C=O) groups is 1. The van der Waals surface area contributed by atoms with Gasteiger partial charge in [0, 0.05) is 38.1 Å². The van der Waals surface area contributed by atoms with E-state index in [0.717, 1.165) is 45.3 Å². The van der Waals surface area contributed by atoms with Gasteiger partial charge in [-0.2, -0.15) is 0 Å². The molecule has 1 aliphatic heterocycles. The number of ether oxygens (including phenoxy) is 1. The number of nitro benzene ring substituents is 1. The maximum absolute atomic E-state index is 11.2. The smallest absolute Gasteiger partial charge is 0.269 e. The molecule has 0 spiro atoms. The standard InChI is InChI=1S/C20H30N2O4/c23-19-12-15-21(16-13-19)14-6-4-2-1-3-5-7-17-26-20-10-8-18(9-11-20)22(24)25/h8-11H,1-7,12-17H2. The van der Waals surface area contributed by atoms with Crippen molar-refractivity contribution in [1.82, 2.24) is 4.90 Å². The van der Waals surface area contributed by atoms with Gasteiger partial charge in [0.15, 0.2) is 0 Å². The molecule has 0 bridgehead atoms. The average Bonchev–Trinajstić information content (AvgIpc) is 2.65. The summed E-state index contributed by atoms with van der Waals surface area (Å²) in [5, 5.41) is 10.6. The highest BCUT2D eigenvalue weighted by Crippen LogP contribution is 2.18. The number of ketones is 1. The first kappa shape index (κ1) is 20.4. The number of unbranched alkanes of at least 4 members (excludes halogenated alkanes) is 6. The summed E-state index contributed by atoms with van der Waals surface area (Å²) in [4.78, 5) is 23.8. The van der Waals surface area contributed by atoms with Gasteiger partial charge in [0.1, 0.15) is 11.5 Å². The molecule has 0 saturated carbocycles. The highest BCUT2D eigenvalue weighted by Gasteiger charge is 2.14. The van der Waals surface area contributed by atoms with E-state index in [9.17, 15) is 14.9 Å².